The minimum Gasteiger partial charge on any atom is -0.354 e. The van der Waals surface area contributed by atoms with Crippen molar-refractivity contribution in [2.45, 2.75) is 12.8 Å². The summed E-state index contributed by atoms with van der Waals surface area (Å²) in [4.78, 5) is 14.0. The SMILES string of the molecule is Clc1ccc(N2CCN(CCCc3nc4ccccc4s3)CC2)nc1. The van der Waals surface area contributed by atoms with E-state index in [1.54, 1.807) is 6.20 Å². The molecule has 1 saturated heterocycles. The van der Waals surface area contributed by atoms with Gasteiger partial charge in [-0.05, 0) is 37.2 Å². The van der Waals surface area contributed by atoms with Crippen LogP contribution in [0.2, 0.25) is 5.02 Å². The smallest absolute Gasteiger partial charge is 0.128 e. The fourth-order valence-corrected chi connectivity index (χ4v) is 4.36. The van der Waals surface area contributed by atoms with Crippen molar-refractivity contribution in [3.63, 3.8) is 0 Å². The van der Waals surface area contributed by atoms with Crippen molar-refractivity contribution in [2.75, 3.05) is 37.6 Å². The third-order valence-electron chi connectivity index (χ3n) is 4.61. The highest BCUT2D eigenvalue weighted by Crippen LogP contribution is 2.22. The number of rotatable bonds is 5. The number of thiazole rings is 1. The Bertz CT molecular complexity index is 792. The lowest BCUT2D eigenvalue weighted by atomic mass is 10.2. The first-order chi connectivity index (χ1) is 12.3. The number of halogens is 1. The van der Waals surface area contributed by atoms with Gasteiger partial charge in [0.25, 0.3) is 0 Å². The highest BCUT2D eigenvalue weighted by Gasteiger charge is 2.17. The van der Waals surface area contributed by atoms with Gasteiger partial charge < -0.3 is 4.90 Å². The molecule has 0 bridgehead atoms. The summed E-state index contributed by atoms with van der Waals surface area (Å²) < 4.78 is 1.29. The van der Waals surface area contributed by atoms with E-state index in [-0.39, 0.29) is 0 Å². The molecule has 3 aromatic rings. The molecular weight excluding hydrogens is 352 g/mol. The van der Waals surface area contributed by atoms with E-state index in [1.165, 1.54) is 16.1 Å². The largest absolute Gasteiger partial charge is 0.354 e. The minimum absolute atomic E-state index is 0.692. The number of aryl methyl sites for hydroxylation is 1. The summed E-state index contributed by atoms with van der Waals surface area (Å²) in [5, 5.41) is 1.95. The second kappa shape index (κ2) is 7.68. The van der Waals surface area contributed by atoms with Crippen LogP contribution >= 0.6 is 22.9 Å². The van der Waals surface area contributed by atoms with Crippen molar-refractivity contribution < 1.29 is 0 Å². The van der Waals surface area contributed by atoms with Crippen molar-refractivity contribution >= 4 is 39.0 Å². The average molecular weight is 373 g/mol. The van der Waals surface area contributed by atoms with Gasteiger partial charge in [0.15, 0.2) is 0 Å². The van der Waals surface area contributed by atoms with E-state index in [0.717, 1.165) is 50.5 Å². The van der Waals surface area contributed by atoms with E-state index in [4.69, 9.17) is 16.6 Å². The fourth-order valence-electron chi connectivity index (χ4n) is 3.24. The number of nitrogens with zero attached hydrogens (tertiary/aromatic N) is 4. The first kappa shape index (κ1) is 16.8. The molecule has 1 aliphatic heterocycles. The predicted molar refractivity (Wildman–Crippen MR) is 106 cm³/mol. The molecule has 6 heteroatoms. The van der Waals surface area contributed by atoms with Gasteiger partial charge in [0, 0.05) is 38.8 Å². The number of pyridine rings is 1. The number of anilines is 1. The number of aromatic nitrogens is 2. The van der Waals surface area contributed by atoms with Gasteiger partial charge in [-0.1, -0.05) is 23.7 Å². The number of hydrogen-bond donors (Lipinski definition) is 0. The topological polar surface area (TPSA) is 32.3 Å². The van der Waals surface area contributed by atoms with Crippen molar-refractivity contribution in [2.24, 2.45) is 0 Å². The Hall–Kier alpha value is -1.69. The molecule has 0 N–H and O–H groups in total. The minimum atomic E-state index is 0.692. The van der Waals surface area contributed by atoms with Crippen LogP contribution in [-0.2, 0) is 6.42 Å². The summed E-state index contributed by atoms with van der Waals surface area (Å²) in [6, 6.07) is 12.3. The van der Waals surface area contributed by atoms with E-state index in [1.807, 2.05) is 23.5 Å². The van der Waals surface area contributed by atoms with Crippen LogP contribution in [0.1, 0.15) is 11.4 Å². The summed E-state index contributed by atoms with van der Waals surface area (Å²) in [5.41, 5.74) is 1.13. The third kappa shape index (κ3) is 4.11. The van der Waals surface area contributed by atoms with Crippen LogP contribution in [0, 0.1) is 0 Å². The lowest BCUT2D eigenvalue weighted by molar-refractivity contribution is 0.254. The molecule has 0 atom stereocenters. The van der Waals surface area contributed by atoms with Crippen molar-refractivity contribution in [3.8, 4) is 0 Å². The molecule has 4 nitrogen and oxygen atoms in total. The number of benzene rings is 1. The lowest BCUT2D eigenvalue weighted by Crippen LogP contribution is -2.47. The molecule has 0 amide bonds. The highest BCUT2D eigenvalue weighted by atomic mass is 35.5. The fraction of sp³-hybridized carbons (Fsp3) is 0.368. The lowest BCUT2D eigenvalue weighted by Gasteiger charge is -2.35. The van der Waals surface area contributed by atoms with Crippen LogP contribution in [0.3, 0.4) is 0 Å². The normalized spacial score (nSPS) is 15.8. The van der Waals surface area contributed by atoms with Gasteiger partial charge in [-0.2, -0.15) is 0 Å². The second-order valence-corrected chi connectivity index (χ2v) is 7.89. The maximum atomic E-state index is 5.91. The standard InChI is InChI=1S/C19H21ClN4S/c20-15-7-8-18(21-14-15)24-12-10-23(11-13-24)9-3-6-19-22-16-4-1-2-5-17(16)25-19/h1-2,4-5,7-8,14H,3,6,9-13H2. The Morgan fingerprint density at radius 1 is 1.04 bits per heavy atom. The third-order valence-corrected chi connectivity index (χ3v) is 5.93. The van der Waals surface area contributed by atoms with Crippen molar-refractivity contribution in [1.29, 1.82) is 0 Å². The Labute approximate surface area is 157 Å². The molecule has 2 aromatic heterocycles. The van der Waals surface area contributed by atoms with Crippen LogP contribution in [0.25, 0.3) is 10.2 Å². The first-order valence-corrected chi connectivity index (χ1v) is 9.91. The molecule has 1 aliphatic rings. The summed E-state index contributed by atoms with van der Waals surface area (Å²) in [7, 11) is 0. The van der Waals surface area contributed by atoms with Gasteiger partial charge in [-0.25, -0.2) is 9.97 Å². The summed E-state index contributed by atoms with van der Waals surface area (Å²) in [5.74, 6) is 1.03. The van der Waals surface area contributed by atoms with E-state index in [0.29, 0.717) is 5.02 Å². The molecular formula is C19H21ClN4S. The van der Waals surface area contributed by atoms with E-state index < -0.39 is 0 Å². The molecule has 0 unspecified atom stereocenters. The van der Waals surface area contributed by atoms with Crippen LogP contribution in [0.15, 0.2) is 42.6 Å². The van der Waals surface area contributed by atoms with E-state index in [2.05, 4.69) is 39.0 Å². The maximum absolute atomic E-state index is 5.91. The van der Waals surface area contributed by atoms with Crippen molar-refractivity contribution in [3.05, 3.63) is 52.6 Å². The Morgan fingerprint density at radius 3 is 2.64 bits per heavy atom. The highest BCUT2D eigenvalue weighted by molar-refractivity contribution is 7.18. The zero-order valence-electron chi connectivity index (χ0n) is 14.1. The first-order valence-electron chi connectivity index (χ1n) is 8.71. The molecule has 1 fully saturated rings. The molecule has 3 heterocycles. The van der Waals surface area contributed by atoms with Crippen LogP contribution in [-0.4, -0.2) is 47.6 Å². The van der Waals surface area contributed by atoms with Gasteiger partial charge in [0.05, 0.1) is 20.2 Å². The molecule has 4 rings (SSSR count). The number of piperazine rings is 1. The molecule has 0 radical (unpaired) electrons. The van der Waals surface area contributed by atoms with E-state index >= 15 is 0 Å². The van der Waals surface area contributed by atoms with E-state index in [9.17, 15) is 0 Å². The molecule has 1 aromatic carbocycles. The van der Waals surface area contributed by atoms with Crippen LogP contribution in [0.4, 0.5) is 5.82 Å². The van der Waals surface area contributed by atoms with Crippen LogP contribution < -0.4 is 4.90 Å². The second-order valence-electron chi connectivity index (χ2n) is 6.34. The van der Waals surface area contributed by atoms with Gasteiger partial charge in [0.2, 0.25) is 0 Å². The average Bonchev–Trinajstić information content (AvgIpc) is 3.06. The Kier molecular flexibility index (Phi) is 5.15. The zero-order valence-corrected chi connectivity index (χ0v) is 15.6. The number of hydrogen-bond acceptors (Lipinski definition) is 5. The maximum Gasteiger partial charge on any atom is 0.128 e. The summed E-state index contributed by atoms with van der Waals surface area (Å²) >= 11 is 7.74. The van der Waals surface area contributed by atoms with Gasteiger partial charge >= 0.3 is 0 Å². The summed E-state index contributed by atoms with van der Waals surface area (Å²) in [6.07, 6.45) is 3.96. The number of para-hydroxylation sites is 1. The Balaban J connectivity index is 1.24. The summed E-state index contributed by atoms with van der Waals surface area (Å²) in [6.45, 7) is 5.36. The van der Waals surface area contributed by atoms with Gasteiger partial charge in [-0.15, -0.1) is 11.3 Å². The molecule has 0 spiro atoms. The van der Waals surface area contributed by atoms with Crippen LogP contribution in [0.5, 0.6) is 0 Å². The molecule has 0 aliphatic carbocycles. The number of fused-ring (bicyclic) bond motifs is 1. The molecule has 25 heavy (non-hydrogen) atoms. The Morgan fingerprint density at radius 2 is 1.88 bits per heavy atom. The van der Waals surface area contributed by atoms with Gasteiger partial charge in [0.1, 0.15) is 5.82 Å². The molecule has 0 saturated carbocycles. The van der Waals surface area contributed by atoms with Crippen molar-refractivity contribution in [1.82, 2.24) is 14.9 Å². The molecule has 130 valence electrons. The zero-order chi connectivity index (χ0) is 17.1. The predicted octanol–water partition coefficient (Wildman–Crippen LogP) is 4.10. The quantitative estimate of drug-likeness (QED) is 0.675. The van der Waals surface area contributed by atoms with Gasteiger partial charge in [-0.3, -0.25) is 4.90 Å². The monoisotopic (exact) mass is 372 g/mol.